The predicted molar refractivity (Wildman–Crippen MR) is 93.7 cm³/mol. The largest absolute Gasteiger partial charge is 0.388 e. The highest BCUT2D eigenvalue weighted by Crippen LogP contribution is 2.26. The van der Waals surface area contributed by atoms with Crippen LogP contribution in [0.3, 0.4) is 0 Å². The van der Waals surface area contributed by atoms with Gasteiger partial charge in [-0.15, -0.1) is 0 Å². The second-order valence-corrected chi connectivity index (χ2v) is 6.64. The smallest absolute Gasteiger partial charge is 0.251 e. The minimum atomic E-state index is -0.742. The van der Waals surface area contributed by atoms with E-state index in [2.05, 4.69) is 10.6 Å². The monoisotopic (exact) mass is 332 g/mol. The van der Waals surface area contributed by atoms with Gasteiger partial charge in [0.1, 0.15) is 0 Å². The number of hydrogen-bond acceptors (Lipinski definition) is 3. The molecule has 0 atom stereocenters. The molecule has 2 amide bonds. The molecule has 24 heavy (non-hydrogen) atoms. The number of amides is 2. The van der Waals surface area contributed by atoms with Gasteiger partial charge in [0.2, 0.25) is 5.91 Å². The number of aliphatic hydroxyl groups is 1. The lowest BCUT2D eigenvalue weighted by molar-refractivity contribution is -0.122. The summed E-state index contributed by atoms with van der Waals surface area (Å²) in [4.78, 5) is 23.7. The van der Waals surface area contributed by atoms with Gasteiger partial charge in [0.25, 0.3) is 5.91 Å². The Morgan fingerprint density at radius 2 is 1.67 bits per heavy atom. The number of rotatable bonds is 7. The van der Waals surface area contributed by atoms with Gasteiger partial charge in [0, 0.05) is 25.1 Å². The molecule has 1 aromatic rings. The van der Waals surface area contributed by atoms with E-state index in [-0.39, 0.29) is 11.8 Å². The molecule has 0 aromatic heterocycles. The highest BCUT2D eigenvalue weighted by molar-refractivity contribution is 5.94. The fourth-order valence-electron chi connectivity index (χ4n) is 3.06. The van der Waals surface area contributed by atoms with Gasteiger partial charge in [-0.05, 0) is 31.4 Å². The lowest BCUT2D eigenvalue weighted by Crippen LogP contribution is -2.42. The summed E-state index contributed by atoms with van der Waals surface area (Å²) in [5, 5.41) is 16.1. The number of hydrogen-bond donors (Lipinski definition) is 3. The molecule has 5 heteroatoms. The van der Waals surface area contributed by atoms with Crippen LogP contribution >= 0.6 is 0 Å². The third-order valence-corrected chi connectivity index (χ3v) is 4.55. The normalized spacial score (nSPS) is 16.9. The summed E-state index contributed by atoms with van der Waals surface area (Å²) in [5.74, 6) is -0.189. The van der Waals surface area contributed by atoms with Crippen LogP contribution in [-0.2, 0) is 4.79 Å². The molecule has 0 unspecified atom stereocenters. The Kier molecular flexibility index (Phi) is 7.25. The van der Waals surface area contributed by atoms with E-state index in [1.807, 2.05) is 18.2 Å². The minimum absolute atomic E-state index is 0.0679. The predicted octanol–water partition coefficient (Wildman–Crippen LogP) is 2.40. The number of carbonyl (C=O) groups excluding carboxylic acids is 2. The molecular formula is C19H28N2O3. The Balaban J connectivity index is 1.60. The number of carbonyl (C=O) groups is 2. The lowest BCUT2D eigenvalue weighted by Gasteiger charge is -2.26. The minimum Gasteiger partial charge on any atom is -0.388 e. The molecule has 2 rings (SSSR count). The van der Waals surface area contributed by atoms with Crippen LogP contribution in [0.5, 0.6) is 0 Å². The van der Waals surface area contributed by atoms with Crippen molar-refractivity contribution in [2.75, 3.05) is 13.1 Å². The molecule has 1 saturated carbocycles. The maximum Gasteiger partial charge on any atom is 0.251 e. The topological polar surface area (TPSA) is 78.4 Å². The van der Waals surface area contributed by atoms with Crippen molar-refractivity contribution in [1.29, 1.82) is 0 Å². The van der Waals surface area contributed by atoms with E-state index in [4.69, 9.17) is 0 Å². The van der Waals surface area contributed by atoms with Crippen LogP contribution in [0.2, 0.25) is 0 Å². The van der Waals surface area contributed by atoms with Gasteiger partial charge in [0.05, 0.1) is 5.60 Å². The second kappa shape index (κ2) is 9.42. The van der Waals surface area contributed by atoms with Crippen LogP contribution in [0.15, 0.2) is 30.3 Å². The molecule has 1 fully saturated rings. The van der Waals surface area contributed by atoms with Crippen molar-refractivity contribution in [3.05, 3.63) is 35.9 Å². The van der Waals surface area contributed by atoms with Crippen LogP contribution in [-0.4, -0.2) is 35.6 Å². The summed E-state index contributed by atoms with van der Waals surface area (Å²) < 4.78 is 0. The van der Waals surface area contributed by atoms with Crippen LogP contribution < -0.4 is 10.6 Å². The van der Waals surface area contributed by atoms with Crippen LogP contribution in [0.4, 0.5) is 0 Å². The van der Waals surface area contributed by atoms with E-state index in [1.165, 1.54) is 0 Å². The molecule has 0 spiro atoms. The summed E-state index contributed by atoms with van der Waals surface area (Å²) in [6, 6.07) is 9.02. The fourth-order valence-corrected chi connectivity index (χ4v) is 3.06. The first-order valence-electron chi connectivity index (χ1n) is 8.91. The van der Waals surface area contributed by atoms with Gasteiger partial charge in [-0.1, -0.05) is 43.9 Å². The highest BCUT2D eigenvalue weighted by Gasteiger charge is 2.28. The van der Waals surface area contributed by atoms with E-state index in [9.17, 15) is 14.7 Å². The first-order valence-corrected chi connectivity index (χ1v) is 8.91. The van der Waals surface area contributed by atoms with Gasteiger partial charge in [-0.25, -0.2) is 0 Å². The SMILES string of the molecule is O=C(CCCNC(=O)c1ccccc1)NCC1(O)CCCCCC1. The van der Waals surface area contributed by atoms with Crippen molar-refractivity contribution in [1.82, 2.24) is 10.6 Å². The van der Waals surface area contributed by atoms with Crippen LogP contribution in [0.1, 0.15) is 61.7 Å². The van der Waals surface area contributed by atoms with Crippen molar-refractivity contribution in [3.63, 3.8) is 0 Å². The number of nitrogens with one attached hydrogen (secondary N) is 2. The van der Waals surface area contributed by atoms with Crippen molar-refractivity contribution in [2.45, 2.75) is 57.0 Å². The van der Waals surface area contributed by atoms with E-state index in [0.717, 1.165) is 38.5 Å². The van der Waals surface area contributed by atoms with E-state index in [1.54, 1.807) is 12.1 Å². The molecule has 0 heterocycles. The van der Waals surface area contributed by atoms with Crippen LogP contribution in [0, 0.1) is 0 Å². The standard InChI is InChI=1S/C19H28N2O3/c22-17(21-15-19(24)12-6-1-2-7-13-19)11-8-14-20-18(23)16-9-4-3-5-10-16/h3-5,9-10,24H,1-2,6-8,11-15H2,(H,20,23)(H,21,22). The zero-order chi connectivity index (χ0) is 17.3. The summed E-state index contributed by atoms with van der Waals surface area (Å²) in [7, 11) is 0. The third kappa shape index (κ3) is 6.32. The molecule has 1 aromatic carbocycles. The van der Waals surface area contributed by atoms with Gasteiger partial charge in [0.15, 0.2) is 0 Å². The Morgan fingerprint density at radius 3 is 2.33 bits per heavy atom. The van der Waals surface area contributed by atoms with Crippen LogP contribution in [0.25, 0.3) is 0 Å². The first-order chi connectivity index (χ1) is 11.6. The number of benzene rings is 1. The Labute approximate surface area is 143 Å². The zero-order valence-corrected chi connectivity index (χ0v) is 14.2. The average molecular weight is 332 g/mol. The van der Waals surface area contributed by atoms with Gasteiger partial charge < -0.3 is 15.7 Å². The van der Waals surface area contributed by atoms with E-state index < -0.39 is 5.60 Å². The molecule has 0 saturated heterocycles. The molecular weight excluding hydrogens is 304 g/mol. The molecule has 0 aliphatic heterocycles. The molecule has 0 radical (unpaired) electrons. The quantitative estimate of drug-likeness (QED) is 0.530. The highest BCUT2D eigenvalue weighted by atomic mass is 16.3. The summed E-state index contributed by atoms with van der Waals surface area (Å²) in [5.41, 5.74) is -0.120. The Bertz CT molecular complexity index is 523. The lowest BCUT2D eigenvalue weighted by atomic mass is 9.94. The van der Waals surface area contributed by atoms with E-state index >= 15 is 0 Å². The van der Waals surface area contributed by atoms with Crippen molar-refractivity contribution in [3.8, 4) is 0 Å². The van der Waals surface area contributed by atoms with Crippen molar-refractivity contribution in [2.24, 2.45) is 0 Å². The zero-order valence-electron chi connectivity index (χ0n) is 14.2. The molecule has 0 bridgehead atoms. The summed E-state index contributed by atoms with van der Waals surface area (Å²) in [6.07, 6.45) is 6.85. The average Bonchev–Trinajstić information content (AvgIpc) is 2.82. The van der Waals surface area contributed by atoms with Crippen molar-refractivity contribution >= 4 is 11.8 Å². The molecule has 5 nitrogen and oxygen atoms in total. The van der Waals surface area contributed by atoms with E-state index in [0.29, 0.717) is 31.5 Å². The maximum absolute atomic E-state index is 11.9. The molecule has 1 aliphatic rings. The Hall–Kier alpha value is -1.88. The first kappa shape index (κ1) is 18.5. The van der Waals surface area contributed by atoms with Gasteiger partial charge >= 0.3 is 0 Å². The maximum atomic E-state index is 11.9. The fraction of sp³-hybridized carbons (Fsp3) is 0.579. The van der Waals surface area contributed by atoms with Gasteiger partial charge in [-0.2, -0.15) is 0 Å². The Morgan fingerprint density at radius 1 is 1.00 bits per heavy atom. The molecule has 3 N–H and O–H groups in total. The second-order valence-electron chi connectivity index (χ2n) is 6.64. The third-order valence-electron chi connectivity index (χ3n) is 4.55. The summed E-state index contributed by atoms with van der Waals surface area (Å²) in [6.45, 7) is 0.799. The van der Waals surface area contributed by atoms with Crippen molar-refractivity contribution < 1.29 is 14.7 Å². The molecule has 1 aliphatic carbocycles. The van der Waals surface area contributed by atoms with Gasteiger partial charge in [-0.3, -0.25) is 9.59 Å². The molecule has 132 valence electrons. The summed E-state index contributed by atoms with van der Waals surface area (Å²) >= 11 is 0.